The fraction of sp³-hybridized carbons (Fsp3) is 0.833. The zero-order valence-electron chi connectivity index (χ0n) is 10.5. The Morgan fingerprint density at radius 3 is 2.50 bits per heavy atom. The van der Waals surface area contributed by atoms with Gasteiger partial charge in [-0.2, -0.15) is 0 Å². The van der Waals surface area contributed by atoms with Crippen LogP contribution in [0.15, 0.2) is 11.8 Å². The molecule has 4 heteroatoms. The summed E-state index contributed by atoms with van der Waals surface area (Å²) in [6.45, 7) is 5.99. The van der Waals surface area contributed by atoms with Crippen molar-refractivity contribution in [2.24, 2.45) is 0 Å². The predicted molar refractivity (Wildman–Crippen MR) is 63.2 cm³/mol. The third kappa shape index (κ3) is 3.77. The molecule has 94 valence electrons. The highest BCUT2D eigenvalue weighted by Gasteiger charge is 2.26. The molecule has 4 nitrogen and oxygen atoms in total. The molecule has 0 bridgehead atoms. The number of hydrogen-bond donors (Lipinski definition) is 1. The van der Waals surface area contributed by atoms with Gasteiger partial charge in [0.2, 0.25) is 0 Å². The molecule has 1 aliphatic rings. The van der Waals surface area contributed by atoms with Gasteiger partial charge in [-0.05, 0) is 39.8 Å². The van der Waals surface area contributed by atoms with Crippen LogP contribution in [0.4, 0.5) is 0 Å². The lowest BCUT2D eigenvalue weighted by atomic mass is 10.1. The van der Waals surface area contributed by atoms with Crippen LogP contribution < -0.4 is 5.32 Å². The maximum absolute atomic E-state index is 5.64. The third-order valence-electron chi connectivity index (χ3n) is 2.51. The number of rotatable bonds is 7. The van der Waals surface area contributed by atoms with Crippen LogP contribution in [0, 0.1) is 0 Å². The van der Waals surface area contributed by atoms with Crippen LogP contribution >= 0.6 is 0 Å². The molecule has 0 aromatic rings. The summed E-state index contributed by atoms with van der Waals surface area (Å²) in [6, 6.07) is -0.0137. The summed E-state index contributed by atoms with van der Waals surface area (Å²) in [7, 11) is 1.90. The quantitative estimate of drug-likeness (QED) is 0.674. The second-order valence-electron chi connectivity index (χ2n) is 3.64. The molecule has 0 fully saturated rings. The van der Waals surface area contributed by atoms with Crippen molar-refractivity contribution in [2.45, 2.75) is 39.0 Å². The number of hydrogen-bond acceptors (Lipinski definition) is 4. The van der Waals surface area contributed by atoms with Gasteiger partial charge in [0.1, 0.15) is 11.8 Å². The molecule has 1 atom stereocenters. The Labute approximate surface area is 97.9 Å². The minimum atomic E-state index is -0.274. The van der Waals surface area contributed by atoms with Crippen molar-refractivity contribution in [3.63, 3.8) is 0 Å². The van der Waals surface area contributed by atoms with E-state index in [1.165, 1.54) is 0 Å². The van der Waals surface area contributed by atoms with Gasteiger partial charge in [-0.3, -0.25) is 0 Å². The summed E-state index contributed by atoms with van der Waals surface area (Å²) in [6.07, 6.45) is 4.01. The van der Waals surface area contributed by atoms with Gasteiger partial charge in [0, 0.05) is 13.2 Å². The molecule has 0 amide bonds. The van der Waals surface area contributed by atoms with E-state index in [4.69, 9.17) is 14.2 Å². The van der Waals surface area contributed by atoms with Crippen molar-refractivity contribution >= 4 is 0 Å². The lowest BCUT2D eigenvalue weighted by molar-refractivity contribution is -0.153. The Morgan fingerprint density at radius 1 is 1.38 bits per heavy atom. The SMILES string of the molecule is CCOC(OCC)C(NC)C1=CCCCO1. The Kier molecular flexibility index (Phi) is 6.45. The van der Waals surface area contributed by atoms with Crippen LogP contribution in [0.2, 0.25) is 0 Å². The molecule has 0 spiro atoms. The number of ether oxygens (including phenoxy) is 3. The molecule has 0 aromatic carbocycles. The van der Waals surface area contributed by atoms with Crippen molar-refractivity contribution in [3.05, 3.63) is 11.8 Å². The molecule has 1 aliphatic heterocycles. The van der Waals surface area contributed by atoms with Gasteiger partial charge >= 0.3 is 0 Å². The van der Waals surface area contributed by atoms with E-state index >= 15 is 0 Å². The van der Waals surface area contributed by atoms with Gasteiger partial charge in [-0.1, -0.05) is 0 Å². The molecular weight excluding hydrogens is 206 g/mol. The third-order valence-corrected chi connectivity index (χ3v) is 2.51. The maximum atomic E-state index is 5.64. The summed E-state index contributed by atoms with van der Waals surface area (Å²) in [5, 5.41) is 3.20. The monoisotopic (exact) mass is 229 g/mol. The van der Waals surface area contributed by atoms with E-state index in [0.29, 0.717) is 13.2 Å². The molecule has 0 radical (unpaired) electrons. The molecule has 1 heterocycles. The van der Waals surface area contributed by atoms with E-state index in [9.17, 15) is 0 Å². The fourth-order valence-corrected chi connectivity index (χ4v) is 1.77. The van der Waals surface area contributed by atoms with Crippen LogP contribution in [0.5, 0.6) is 0 Å². The van der Waals surface area contributed by atoms with Crippen LogP contribution in [0.1, 0.15) is 26.7 Å². The Hall–Kier alpha value is -0.580. The van der Waals surface area contributed by atoms with E-state index in [1.807, 2.05) is 20.9 Å². The molecule has 0 saturated heterocycles. The molecule has 1 unspecified atom stereocenters. The van der Waals surface area contributed by atoms with Gasteiger partial charge in [0.05, 0.1) is 6.61 Å². The van der Waals surface area contributed by atoms with Crippen LogP contribution in [0.25, 0.3) is 0 Å². The molecule has 0 saturated carbocycles. The second-order valence-corrected chi connectivity index (χ2v) is 3.64. The van der Waals surface area contributed by atoms with Gasteiger partial charge in [-0.15, -0.1) is 0 Å². The molecule has 1 N–H and O–H groups in total. The normalized spacial score (nSPS) is 18.1. The Balaban J connectivity index is 2.64. The van der Waals surface area contributed by atoms with E-state index in [0.717, 1.165) is 25.2 Å². The molecule has 1 rings (SSSR count). The van der Waals surface area contributed by atoms with Crippen molar-refractivity contribution < 1.29 is 14.2 Å². The van der Waals surface area contributed by atoms with Crippen LogP contribution in [-0.2, 0) is 14.2 Å². The standard InChI is InChI=1S/C12H23NO3/c1-4-14-12(15-5-2)11(13-3)10-8-6-7-9-16-10/h8,11-13H,4-7,9H2,1-3H3. The van der Waals surface area contributed by atoms with E-state index in [1.54, 1.807) is 0 Å². The summed E-state index contributed by atoms with van der Waals surface area (Å²) >= 11 is 0. The first-order chi connectivity index (χ1) is 7.83. The van der Waals surface area contributed by atoms with Crippen molar-refractivity contribution in [1.29, 1.82) is 0 Å². The lowest BCUT2D eigenvalue weighted by Gasteiger charge is -2.29. The van der Waals surface area contributed by atoms with Gasteiger partial charge in [0.25, 0.3) is 0 Å². The summed E-state index contributed by atoms with van der Waals surface area (Å²) in [5.74, 6) is 0.945. The average molecular weight is 229 g/mol. The fourth-order valence-electron chi connectivity index (χ4n) is 1.77. The smallest absolute Gasteiger partial charge is 0.179 e. The molecular formula is C12H23NO3. The highest BCUT2D eigenvalue weighted by molar-refractivity contribution is 5.06. The summed E-state index contributed by atoms with van der Waals surface area (Å²) in [4.78, 5) is 0. The topological polar surface area (TPSA) is 39.7 Å². The summed E-state index contributed by atoms with van der Waals surface area (Å²) < 4.78 is 16.8. The first-order valence-corrected chi connectivity index (χ1v) is 6.06. The minimum absolute atomic E-state index is 0.0137. The van der Waals surface area contributed by atoms with Crippen molar-refractivity contribution in [1.82, 2.24) is 5.32 Å². The van der Waals surface area contributed by atoms with E-state index < -0.39 is 0 Å². The summed E-state index contributed by atoms with van der Waals surface area (Å²) in [5.41, 5.74) is 0. The molecule has 0 aromatic heterocycles. The van der Waals surface area contributed by atoms with Crippen molar-refractivity contribution in [2.75, 3.05) is 26.9 Å². The first kappa shape index (κ1) is 13.5. The van der Waals surface area contributed by atoms with Gasteiger partial charge in [-0.25, -0.2) is 0 Å². The zero-order valence-corrected chi connectivity index (χ0v) is 10.5. The Morgan fingerprint density at radius 2 is 2.06 bits per heavy atom. The van der Waals surface area contributed by atoms with Gasteiger partial charge in [0.15, 0.2) is 6.29 Å². The van der Waals surface area contributed by atoms with Crippen LogP contribution in [0.3, 0.4) is 0 Å². The number of allylic oxidation sites excluding steroid dienone is 1. The van der Waals surface area contributed by atoms with E-state index in [2.05, 4.69) is 11.4 Å². The Bertz CT molecular complexity index is 212. The maximum Gasteiger partial charge on any atom is 0.179 e. The highest BCUT2D eigenvalue weighted by Crippen LogP contribution is 2.18. The average Bonchev–Trinajstić information content (AvgIpc) is 2.32. The minimum Gasteiger partial charge on any atom is -0.496 e. The van der Waals surface area contributed by atoms with E-state index in [-0.39, 0.29) is 12.3 Å². The first-order valence-electron chi connectivity index (χ1n) is 6.06. The highest BCUT2D eigenvalue weighted by atomic mass is 16.7. The van der Waals surface area contributed by atoms with Crippen LogP contribution in [-0.4, -0.2) is 39.2 Å². The second kappa shape index (κ2) is 7.65. The lowest BCUT2D eigenvalue weighted by Crippen LogP contribution is -2.43. The molecule has 0 aliphatic carbocycles. The predicted octanol–water partition coefficient (Wildman–Crippen LogP) is 1.67. The van der Waals surface area contributed by atoms with Crippen molar-refractivity contribution in [3.8, 4) is 0 Å². The largest absolute Gasteiger partial charge is 0.496 e. The number of nitrogens with one attached hydrogen (secondary N) is 1. The molecule has 16 heavy (non-hydrogen) atoms. The van der Waals surface area contributed by atoms with Gasteiger partial charge < -0.3 is 19.5 Å². The zero-order chi connectivity index (χ0) is 11.8. The number of likely N-dealkylation sites (N-methyl/N-ethyl adjacent to an activating group) is 1.